The van der Waals surface area contributed by atoms with Gasteiger partial charge in [-0.05, 0) is 69.0 Å². The minimum Gasteiger partial charge on any atom is -0.504 e. The number of methoxy groups -OCH3 is 1. The van der Waals surface area contributed by atoms with Crippen LogP contribution in [0, 0.1) is 0 Å². The molecule has 3 N–H and O–H groups in total. The lowest BCUT2D eigenvalue weighted by molar-refractivity contribution is -0.142. The summed E-state index contributed by atoms with van der Waals surface area (Å²) < 4.78 is 12.1. The Hall–Kier alpha value is -4.24. The minimum atomic E-state index is -1.09. The van der Waals surface area contributed by atoms with Gasteiger partial charge in [-0.25, -0.2) is 4.79 Å². The van der Waals surface area contributed by atoms with E-state index in [1.807, 2.05) is 23.6 Å². The number of hydrogen-bond donors (Lipinski definition) is 3. The van der Waals surface area contributed by atoms with Crippen LogP contribution in [0.2, 0.25) is 0 Å². The molecule has 0 unspecified atom stereocenters. The Kier molecular flexibility index (Phi) is 6.40. The van der Waals surface area contributed by atoms with Crippen LogP contribution >= 0.6 is 11.3 Å². The third kappa shape index (κ3) is 4.50. The van der Waals surface area contributed by atoms with E-state index in [9.17, 15) is 9.90 Å². The number of benzene rings is 2. The number of carboxylic acids is 1. The molecule has 0 saturated heterocycles. The topological polar surface area (TPSA) is 110 Å². The number of fused-ring (bicyclic) bond motifs is 5. The van der Waals surface area contributed by atoms with Gasteiger partial charge in [0.2, 0.25) is 6.61 Å². The van der Waals surface area contributed by atoms with Crippen molar-refractivity contribution in [1.82, 2.24) is 0 Å². The van der Waals surface area contributed by atoms with Gasteiger partial charge in [0.1, 0.15) is 11.5 Å². The van der Waals surface area contributed by atoms with Gasteiger partial charge in [0, 0.05) is 32.8 Å². The molecule has 3 aromatic rings. The van der Waals surface area contributed by atoms with Crippen LogP contribution in [0.4, 0.5) is 5.69 Å². The van der Waals surface area contributed by atoms with E-state index in [1.165, 1.54) is 18.4 Å². The second-order valence-corrected chi connectivity index (χ2v) is 10.7. The van der Waals surface area contributed by atoms with Crippen LogP contribution in [0.5, 0.6) is 17.2 Å². The number of aromatic hydroxyl groups is 1. The standard InChI is InChI=1S/C29H28N2O6S/c1-15-13-29(3,4)30-19-7-6-18-26(25(15)19)22(37-21-9-8-20(32)28(35-5)27(18)21)12-23-17(10-11-38-23)16(2)31-36-14-24(33)34/h6-13,30,32H,14H2,1-5H3,(H,33,34). The van der Waals surface area contributed by atoms with E-state index in [0.717, 1.165) is 38.4 Å². The Morgan fingerprint density at radius 2 is 1.97 bits per heavy atom. The highest BCUT2D eigenvalue weighted by Gasteiger charge is 2.33. The molecule has 0 saturated carbocycles. The van der Waals surface area contributed by atoms with Gasteiger partial charge < -0.3 is 29.8 Å². The summed E-state index contributed by atoms with van der Waals surface area (Å²) in [6, 6.07) is 9.27. The largest absolute Gasteiger partial charge is 0.504 e. The monoisotopic (exact) mass is 532 g/mol. The first-order valence-corrected chi connectivity index (χ1v) is 12.9. The summed E-state index contributed by atoms with van der Waals surface area (Å²) in [7, 11) is 1.53. The Bertz CT molecular complexity index is 1550. The Balaban J connectivity index is 1.72. The van der Waals surface area contributed by atoms with E-state index in [-0.39, 0.29) is 11.3 Å². The number of phenolic OH excluding ortho intramolecular Hbond substituents is 1. The number of carbonyl (C=O) groups is 1. The molecule has 0 aliphatic carbocycles. The van der Waals surface area contributed by atoms with Crippen molar-refractivity contribution in [2.24, 2.45) is 5.16 Å². The number of aliphatic carboxylic acids is 1. The van der Waals surface area contributed by atoms with E-state index in [0.29, 0.717) is 28.5 Å². The molecule has 3 heterocycles. The minimum absolute atomic E-state index is 0.0335. The fourth-order valence-corrected chi connectivity index (χ4v) is 5.90. The van der Waals surface area contributed by atoms with Crippen LogP contribution in [0.3, 0.4) is 0 Å². The summed E-state index contributed by atoms with van der Waals surface area (Å²) >= 11 is 1.51. The lowest BCUT2D eigenvalue weighted by Gasteiger charge is -2.35. The highest BCUT2D eigenvalue weighted by molar-refractivity contribution is 7.11. The van der Waals surface area contributed by atoms with E-state index in [2.05, 4.69) is 43.4 Å². The molecular weight excluding hydrogens is 504 g/mol. The van der Waals surface area contributed by atoms with Crippen LogP contribution in [0.25, 0.3) is 28.5 Å². The average molecular weight is 533 g/mol. The maximum absolute atomic E-state index is 10.8. The highest BCUT2D eigenvalue weighted by atomic mass is 32.1. The van der Waals surface area contributed by atoms with E-state index >= 15 is 0 Å². The van der Waals surface area contributed by atoms with Crippen molar-refractivity contribution in [2.45, 2.75) is 33.2 Å². The Morgan fingerprint density at radius 3 is 2.71 bits per heavy atom. The number of allylic oxidation sites excluding steroid dienone is 1. The number of phenols is 1. The van der Waals surface area contributed by atoms with E-state index < -0.39 is 12.6 Å². The third-order valence-electron chi connectivity index (χ3n) is 6.41. The van der Waals surface area contributed by atoms with Crippen LogP contribution in [0.1, 0.15) is 49.3 Å². The van der Waals surface area contributed by atoms with Gasteiger partial charge in [-0.3, -0.25) is 0 Å². The summed E-state index contributed by atoms with van der Waals surface area (Å²) in [4.78, 5) is 16.7. The molecule has 1 aromatic heterocycles. The SMILES string of the molecule is COc1c(O)ccc2c1-c1ccc3c(c1C(=Cc1sccc1C(C)=NOCC(=O)O)O2)C(C)=CC(C)(C)N3. The summed E-state index contributed by atoms with van der Waals surface area (Å²) in [5.41, 5.74) is 6.69. The third-order valence-corrected chi connectivity index (χ3v) is 7.27. The molecule has 2 aliphatic rings. The van der Waals surface area contributed by atoms with Gasteiger partial charge in [-0.2, -0.15) is 0 Å². The first-order chi connectivity index (χ1) is 18.1. The van der Waals surface area contributed by atoms with Gasteiger partial charge in [0.25, 0.3) is 0 Å². The van der Waals surface area contributed by atoms with Crippen molar-refractivity contribution in [3.8, 4) is 28.4 Å². The van der Waals surface area contributed by atoms with Crippen LogP contribution in [0.15, 0.2) is 46.9 Å². The predicted molar refractivity (Wildman–Crippen MR) is 150 cm³/mol. The molecule has 2 aliphatic heterocycles. The fourth-order valence-electron chi connectivity index (χ4n) is 5.03. The van der Waals surface area contributed by atoms with Gasteiger partial charge in [0.15, 0.2) is 11.5 Å². The summed E-state index contributed by atoms with van der Waals surface area (Å²) in [5.74, 6) is 0.494. The molecule has 9 heteroatoms. The molecule has 8 nitrogen and oxygen atoms in total. The normalized spacial score (nSPS) is 16.4. The zero-order valence-electron chi connectivity index (χ0n) is 21.7. The molecule has 0 fully saturated rings. The van der Waals surface area contributed by atoms with Crippen LogP contribution < -0.4 is 14.8 Å². The van der Waals surface area contributed by atoms with Gasteiger partial charge in [-0.1, -0.05) is 17.3 Å². The predicted octanol–water partition coefficient (Wildman–Crippen LogP) is 6.45. The smallest absolute Gasteiger partial charge is 0.344 e. The highest BCUT2D eigenvalue weighted by Crippen LogP contribution is 2.54. The number of nitrogens with zero attached hydrogens (tertiary/aromatic N) is 1. The maximum atomic E-state index is 10.8. The van der Waals surface area contributed by atoms with Crippen molar-refractivity contribution < 1.29 is 29.3 Å². The number of oxime groups is 1. The van der Waals surface area contributed by atoms with Crippen LogP contribution in [-0.2, 0) is 9.63 Å². The zero-order valence-corrected chi connectivity index (χ0v) is 22.5. The van der Waals surface area contributed by atoms with Gasteiger partial charge in [0.05, 0.1) is 23.9 Å². The molecule has 0 radical (unpaired) electrons. The van der Waals surface area contributed by atoms with Crippen molar-refractivity contribution in [1.29, 1.82) is 0 Å². The van der Waals surface area contributed by atoms with Crippen molar-refractivity contribution in [2.75, 3.05) is 19.0 Å². The second kappa shape index (κ2) is 9.57. The molecule has 5 rings (SSSR count). The second-order valence-electron chi connectivity index (χ2n) is 9.73. The molecule has 0 atom stereocenters. The first kappa shape index (κ1) is 25.4. The molecule has 2 aromatic carbocycles. The Labute approximate surface area is 224 Å². The summed E-state index contributed by atoms with van der Waals surface area (Å²) in [6.07, 6.45) is 4.15. The number of anilines is 1. The lowest BCUT2D eigenvalue weighted by atomic mass is 9.83. The van der Waals surface area contributed by atoms with Crippen LogP contribution in [-0.4, -0.2) is 41.1 Å². The average Bonchev–Trinajstić information content (AvgIpc) is 3.31. The van der Waals surface area contributed by atoms with Crippen molar-refractivity contribution in [3.05, 3.63) is 63.4 Å². The molecular formula is C29H28N2O6S. The first-order valence-electron chi connectivity index (χ1n) is 12.0. The Morgan fingerprint density at radius 1 is 1.18 bits per heavy atom. The van der Waals surface area contributed by atoms with Gasteiger partial charge >= 0.3 is 5.97 Å². The number of carboxylic acid groups (broad SMARTS) is 1. The zero-order chi connectivity index (χ0) is 27.2. The lowest BCUT2D eigenvalue weighted by Crippen LogP contribution is -2.32. The van der Waals surface area contributed by atoms with E-state index in [1.54, 1.807) is 19.1 Å². The van der Waals surface area contributed by atoms with Gasteiger partial charge in [-0.15, -0.1) is 11.3 Å². The fraction of sp³-hybridized carbons (Fsp3) is 0.241. The number of hydrogen-bond acceptors (Lipinski definition) is 8. The summed E-state index contributed by atoms with van der Waals surface area (Å²) in [5, 5.41) is 28.9. The summed E-state index contributed by atoms with van der Waals surface area (Å²) in [6.45, 7) is 7.58. The number of nitrogens with one attached hydrogen (secondary N) is 1. The molecule has 0 bridgehead atoms. The molecule has 38 heavy (non-hydrogen) atoms. The number of ether oxygens (including phenoxy) is 2. The quantitative estimate of drug-likeness (QED) is 0.247. The number of rotatable bonds is 6. The molecule has 196 valence electrons. The maximum Gasteiger partial charge on any atom is 0.344 e. The van der Waals surface area contributed by atoms with E-state index in [4.69, 9.17) is 19.4 Å². The van der Waals surface area contributed by atoms with Crippen molar-refractivity contribution >= 4 is 46.1 Å². The molecule has 0 spiro atoms. The van der Waals surface area contributed by atoms with Crippen molar-refractivity contribution in [3.63, 3.8) is 0 Å². The molecule has 0 amide bonds. The number of thiophene rings is 1.